The Morgan fingerprint density at radius 2 is 1.90 bits per heavy atom. The molecule has 0 atom stereocenters. The summed E-state index contributed by atoms with van der Waals surface area (Å²) in [6, 6.07) is 6.92. The third kappa shape index (κ3) is 1.93. The predicted molar refractivity (Wildman–Crippen MR) is 74.5 cm³/mol. The van der Waals surface area contributed by atoms with Crippen molar-refractivity contribution in [2.75, 3.05) is 0 Å². The van der Waals surface area contributed by atoms with Crippen molar-refractivity contribution in [3.63, 3.8) is 0 Å². The van der Waals surface area contributed by atoms with E-state index in [4.69, 9.17) is 14.6 Å². The van der Waals surface area contributed by atoms with Crippen LogP contribution in [0.1, 0.15) is 15.9 Å². The van der Waals surface area contributed by atoms with Gasteiger partial charge in [0.15, 0.2) is 0 Å². The molecule has 0 saturated carbocycles. The summed E-state index contributed by atoms with van der Waals surface area (Å²) >= 11 is 0. The quantitative estimate of drug-likeness (QED) is 0.620. The standard InChI is InChI=1S/C15H10O6/c16-6-7-4-9(17)13-11(5-7)21-10-3-1-2-8(15(19)20)12(10)14(13)18/h1-5,16-17H,6H2,(H,19,20). The third-order valence-electron chi connectivity index (χ3n) is 3.25. The Kier molecular flexibility index (Phi) is 2.88. The van der Waals surface area contributed by atoms with Crippen LogP contribution < -0.4 is 5.43 Å². The van der Waals surface area contributed by atoms with Crippen LogP contribution in [0.5, 0.6) is 5.75 Å². The molecule has 0 saturated heterocycles. The number of hydrogen-bond acceptors (Lipinski definition) is 5. The van der Waals surface area contributed by atoms with Crippen molar-refractivity contribution in [3.8, 4) is 5.75 Å². The van der Waals surface area contributed by atoms with Crippen LogP contribution in [0.4, 0.5) is 0 Å². The molecule has 2 aromatic carbocycles. The van der Waals surface area contributed by atoms with Crippen molar-refractivity contribution in [2.45, 2.75) is 6.61 Å². The highest BCUT2D eigenvalue weighted by atomic mass is 16.4. The lowest BCUT2D eigenvalue weighted by atomic mass is 10.0. The number of aliphatic hydroxyl groups excluding tert-OH is 1. The van der Waals surface area contributed by atoms with E-state index in [1.165, 1.54) is 30.3 Å². The zero-order valence-corrected chi connectivity index (χ0v) is 10.7. The number of aromatic hydroxyl groups is 1. The summed E-state index contributed by atoms with van der Waals surface area (Å²) in [5.74, 6) is -1.61. The van der Waals surface area contributed by atoms with Gasteiger partial charge in [-0.3, -0.25) is 4.79 Å². The van der Waals surface area contributed by atoms with Crippen molar-refractivity contribution >= 4 is 27.9 Å². The average molecular weight is 286 g/mol. The maximum atomic E-state index is 12.5. The molecule has 0 aliphatic carbocycles. The third-order valence-corrected chi connectivity index (χ3v) is 3.25. The zero-order valence-electron chi connectivity index (χ0n) is 10.7. The molecule has 0 fully saturated rings. The molecule has 0 radical (unpaired) electrons. The summed E-state index contributed by atoms with van der Waals surface area (Å²) in [5, 5.41) is 28.0. The topological polar surface area (TPSA) is 108 Å². The van der Waals surface area contributed by atoms with Gasteiger partial charge in [-0.25, -0.2) is 4.79 Å². The Morgan fingerprint density at radius 1 is 1.14 bits per heavy atom. The van der Waals surface area contributed by atoms with Gasteiger partial charge in [-0.2, -0.15) is 0 Å². The minimum Gasteiger partial charge on any atom is -0.507 e. The summed E-state index contributed by atoms with van der Waals surface area (Å²) in [7, 11) is 0. The van der Waals surface area contributed by atoms with Gasteiger partial charge in [-0.05, 0) is 29.8 Å². The fourth-order valence-corrected chi connectivity index (χ4v) is 2.33. The van der Waals surface area contributed by atoms with Crippen molar-refractivity contribution in [1.82, 2.24) is 0 Å². The number of hydrogen-bond donors (Lipinski definition) is 3. The van der Waals surface area contributed by atoms with Crippen LogP contribution in [-0.4, -0.2) is 21.3 Å². The van der Waals surface area contributed by atoms with Crippen molar-refractivity contribution < 1.29 is 24.5 Å². The zero-order chi connectivity index (χ0) is 15.1. The van der Waals surface area contributed by atoms with E-state index >= 15 is 0 Å². The Hall–Kier alpha value is -2.86. The molecule has 3 N–H and O–H groups in total. The van der Waals surface area contributed by atoms with Gasteiger partial charge in [0.25, 0.3) is 0 Å². The highest BCUT2D eigenvalue weighted by molar-refractivity contribution is 6.05. The second kappa shape index (κ2) is 4.60. The SMILES string of the molecule is O=C(O)c1cccc2oc3cc(CO)cc(O)c3c(=O)c12. The van der Waals surface area contributed by atoms with Gasteiger partial charge in [-0.1, -0.05) is 6.07 Å². The Labute approximate surface area is 117 Å². The molecule has 21 heavy (non-hydrogen) atoms. The van der Waals surface area contributed by atoms with Crippen LogP contribution in [0.25, 0.3) is 21.9 Å². The van der Waals surface area contributed by atoms with Gasteiger partial charge in [0.2, 0.25) is 5.43 Å². The van der Waals surface area contributed by atoms with Crippen molar-refractivity contribution in [3.05, 3.63) is 51.7 Å². The number of rotatable bonds is 2. The van der Waals surface area contributed by atoms with E-state index in [0.29, 0.717) is 5.56 Å². The molecule has 106 valence electrons. The van der Waals surface area contributed by atoms with Gasteiger partial charge < -0.3 is 19.7 Å². The lowest BCUT2D eigenvalue weighted by Gasteiger charge is -2.06. The van der Waals surface area contributed by atoms with E-state index in [9.17, 15) is 14.7 Å². The highest BCUT2D eigenvalue weighted by Crippen LogP contribution is 2.28. The van der Waals surface area contributed by atoms with E-state index in [-0.39, 0.29) is 39.9 Å². The maximum absolute atomic E-state index is 12.5. The summed E-state index contributed by atoms with van der Waals surface area (Å²) in [4.78, 5) is 23.7. The average Bonchev–Trinajstić information content (AvgIpc) is 2.45. The van der Waals surface area contributed by atoms with Crippen LogP contribution in [0, 0.1) is 0 Å². The van der Waals surface area contributed by atoms with Gasteiger partial charge in [0.1, 0.15) is 22.3 Å². The van der Waals surface area contributed by atoms with E-state index in [0.717, 1.165) is 0 Å². The number of carboxylic acid groups (broad SMARTS) is 1. The van der Waals surface area contributed by atoms with Crippen LogP contribution in [0.2, 0.25) is 0 Å². The summed E-state index contributed by atoms with van der Waals surface area (Å²) in [5.41, 5.74) is -0.210. The Balaban J connectivity index is 2.56. The first-order chi connectivity index (χ1) is 10.0. The van der Waals surface area contributed by atoms with Gasteiger partial charge in [-0.15, -0.1) is 0 Å². The summed E-state index contributed by atoms with van der Waals surface area (Å²) in [6.45, 7) is -0.319. The normalized spacial score (nSPS) is 11.1. The first-order valence-electron chi connectivity index (χ1n) is 6.08. The number of carbonyl (C=O) groups is 1. The molecular formula is C15H10O6. The van der Waals surface area contributed by atoms with Gasteiger partial charge in [0, 0.05) is 0 Å². The summed E-state index contributed by atoms with van der Waals surface area (Å²) in [6.07, 6.45) is 0. The minimum absolute atomic E-state index is 0.0930. The number of carboxylic acids is 1. The number of aliphatic hydroxyl groups is 1. The number of benzene rings is 2. The molecule has 0 spiro atoms. The first-order valence-corrected chi connectivity index (χ1v) is 6.08. The fourth-order valence-electron chi connectivity index (χ4n) is 2.33. The number of fused-ring (bicyclic) bond motifs is 2. The van der Waals surface area contributed by atoms with E-state index in [1.54, 1.807) is 0 Å². The smallest absolute Gasteiger partial charge is 0.336 e. The van der Waals surface area contributed by atoms with Crippen LogP contribution in [-0.2, 0) is 6.61 Å². The largest absolute Gasteiger partial charge is 0.507 e. The Bertz CT molecular complexity index is 938. The molecule has 6 heteroatoms. The molecule has 0 aliphatic rings. The van der Waals surface area contributed by atoms with E-state index in [2.05, 4.69) is 0 Å². The highest BCUT2D eigenvalue weighted by Gasteiger charge is 2.18. The molecule has 0 amide bonds. The maximum Gasteiger partial charge on any atom is 0.336 e. The second-order valence-electron chi connectivity index (χ2n) is 4.56. The molecule has 0 unspecified atom stereocenters. The number of phenols is 1. The van der Waals surface area contributed by atoms with Gasteiger partial charge in [0.05, 0.1) is 17.6 Å². The second-order valence-corrected chi connectivity index (χ2v) is 4.56. The predicted octanol–water partition coefficient (Wildman–Crippen LogP) is 1.84. The molecule has 3 aromatic rings. The molecule has 1 aromatic heterocycles. The lowest BCUT2D eigenvalue weighted by Crippen LogP contribution is -2.09. The van der Waals surface area contributed by atoms with E-state index < -0.39 is 11.4 Å². The molecule has 3 rings (SSSR count). The van der Waals surface area contributed by atoms with Crippen molar-refractivity contribution in [1.29, 1.82) is 0 Å². The Morgan fingerprint density at radius 3 is 2.57 bits per heavy atom. The van der Waals surface area contributed by atoms with Gasteiger partial charge >= 0.3 is 5.97 Å². The molecule has 6 nitrogen and oxygen atoms in total. The lowest BCUT2D eigenvalue weighted by molar-refractivity contribution is 0.0699. The van der Waals surface area contributed by atoms with Crippen molar-refractivity contribution in [2.24, 2.45) is 0 Å². The van der Waals surface area contributed by atoms with Crippen LogP contribution >= 0.6 is 0 Å². The molecule has 0 bridgehead atoms. The minimum atomic E-state index is -1.25. The number of phenolic OH excluding ortho intramolecular Hbond substituents is 1. The first kappa shape index (κ1) is 13.1. The summed E-state index contributed by atoms with van der Waals surface area (Å²) < 4.78 is 5.51. The van der Waals surface area contributed by atoms with Crippen LogP contribution in [0.15, 0.2) is 39.5 Å². The van der Waals surface area contributed by atoms with E-state index in [1.807, 2.05) is 0 Å². The van der Waals surface area contributed by atoms with Crippen LogP contribution in [0.3, 0.4) is 0 Å². The fraction of sp³-hybridized carbons (Fsp3) is 0.0667. The molecular weight excluding hydrogens is 276 g/mol. The number of aromatic carboxylic acids is 1. The monoisotopic (exact) mass is 286 g/mol. The molecule has 1 heterocycles. The molecule has 0 aliphatic heterocycles.